The van der Waals surface area contributed by atoms with Gasteiger partial charge in [0.1, 0.15) is 0 Å². The van der Waals surface area contributed by atoms with Crippen LogP contribution in [-0.4, -0.2) is 18.0 Å². The van der Waals surface area contributed by atoms with E-state index in [0.29, 0.717) is 12.6 Å². The molecule has 2 aromatic rings. The van der Waals surface area contributed by atoms with Crippen LogP contribution >= 0.6 is 11.3 Å². The summed E-state index contributed by atoms with van der Waals surface area (Å²) in [5.74, 6) is 0. The Kier molecular flexibility index (Phi) is 3.87. The van der Waals surface area contributed by atoms with Crippen LogP contribution in [0.1, 0.15) is 35.3 Å². The van der Waals surface area contributed by atoms with Crippen LogP contribution < -0.4 is 10.5 Å². The molecule has 0 saturated heterocycles. The van der Waals surface area contributed by atoms with Crippen molar-refractivity contribution >= 4 is 21.4 Å². The average molecular weight is 326 g/mol. The van der Waals surface area contributed by atoms with Gasteiger partial charge in [0.2, 0.25) is 10.0 Å². The summed E-state index contributed by atoms with van der Waals surface area (Å²) in [5.41, 5.74) is 7.30. The highest BCUT2D eigenvalue weighted by molar-refractivity contribution is 7.89. The highest BCUT2D eigenvalue weighted by Gasteiger charge is 2.27. The topological polar surface area (TPSA) is 90.0 Å². The van der Waals surface area contributed by atoms with E-state index in [0.717, 1.165) is 29.2 Å². The second-order valence-electron chi connectivity index (χ2n) is 5.19. The first-order valence-corrected chi connectivity index (χ1v) is 9.17. The van der Waals surface area contributed by atoms with Crippen molar-refractivity contribution in [2.75, 3.05) is 0 Å². The van der Waals surface area contributed by atoms with Crippen LogP contribution in [0.3, 0.4) is 0 Å². The molecule has 1 fully saturated rings. The summed E-state index contributed by atoms with van der Waals surface area (Å²) < 4.78 is 29.3. The van der Waals surface area contributed by atoms with Gasteiger partial charge >= 0.3 is 0 Å². The fourth-order valence-corrected chi connectivity index (χ4v) is 3.90. The fraction of sp³-hybridized carbons (Fsp3) is 0.462. The van der Waals surface area contributed by atoms with Gasteiger partial charge in [-0.1, -0.05) is 0 Å². The molecule has 8 heteroatoms. The lowest BCUT2D eigenvalue weighted by molar-refractivity contribution is 0.580. The Morgan fingerprint density at radius 1 is 1.52 bits per heavy atom. The lowest BCUT2D eigenvalue weighted by Crippen LogP contribution is -2.23. The molecule has 6 nitrogen and oxygen atoms in total. The van der Waals surface area contributed by atoms with Gasteiger partial charge in [-0.15, -0.1) is 11.3 Å². The van der Waals surface area contributed by atoms with Crippen molar-refractivity contribution in [3.8, 4) is 0 Å². The van der Waals surface area contributed by atoms with E-state index in [1.165, 1.54) is 11.3 Å². The van der Waals surface area contributed by atoms with Gasteiger partial charge in [0, 0.05) is 29.9 Å². The van der Waals surface area contributed by atoms with Crippen LogP contribution in [0.2, 0.25) is 0 Å². The average Bonchev–Trinajstić information content (AvgIpc) is 3.05. The lowest BCUT2D eigenvalue weighted by atomic mass is 10.4. The highest BCUT2D eigenvalue weighted by Crippen LogP contribution is 2.37. The summed E-state index contributed by atoms with van der Waals surface area (Å²) in [5, 5.41) is 2.79. The molecule has 2 heterocycles. The first kappa shape index (κ1) is 14.7. The van der Waals surface area contributed by atoms with E-state index in [1.807, 2.05) is 16.9 Å². The number of rotatable bonds is 6. The molecule has 0 atom stereocenters. The normalized spacial score (nSPS) is 15.5. The summed E-state index contributed by atoms with van der Waals surface area (Å²) in [7, 11) is -3.53. The zero-order valence-electron chi connectivity index (χ0n) is 11.7. The summed E-state index contributed by atoms with van der Waals surface area (Å²) in [6.07, 6.45) is 3.87. The first-order chi connectivity index (χ1) is 9.99. The Hall–Kier alpha value is -1.22. The molecule has 21 heavy (non-hydrogen) atoms. The molecular formula is C13H18N4O2S2. The molecule has 1 aliphatic rings. The predicted molar refractivity (Wildman–Crippen MR) is 81.5 cm³/mol. The lowest BCUT2D eigenvalue weighted by Gasteiger charge is -2.04. The van der Waals surface area contributed by atoms with Crippen molar-refractivity contribution in [2.24, 2.45) is 5.73 Å². The quantitative estimate of drug-likeness (QED) is 0.842. The van der Waals surface area contributed by atoms with Gasteiger partial charge in [0.25, 0.3) is 0 Å². The maximum Gasteiger partial charge on any atom is 0.242 e. The zero-order valence-corrected chi connectivity index (χ0v) is 13.4. The standard InChI is InChI=1S/C13H18N4O2S2/c1-9-16-10(8-20-9)6-15-21(18,19)13-4-12(5-14)17(7-13)11-2-3-11/h4,7-8,11,15H,2-3,5-6,14H2,1H3. The van der Waals surface area contributed by atoms with Crippen molar-refractivity contribution in [3.63, 3.8) is 0 Å². The molecule has 0 aromatic carbocycles. The molecule has 0 aliphatic heterocycles. The fourth-order valence-electron chi connectivity index (χ4n) is 2.24. The van der Waals surface area contributed by atoms with Crippen LogP contribution in [0, 0.1) is 6.92 Å². The van der Waals surface area contributed by atoms with Crippen molar-refractivity contribution < 1.29 is 8.42 Å². The van der Waals surface area contributed by atoms with Crippen molar-refractivity contribution in [3.05, 3.63) is 34.0 Å². The third-order valence-electron chi connectivity index (χ3n) is 3.48. The number of nitrogens with one attached hydrogen (secondary N) is 1. The SMILES string of the molecule is Cc1nc(CNS(=O)(=O)c2cc(CN)n(C3CC3)c2)cs1. The number of hydrogen-bond donors (Lipinski definition) is 2. The number of hydrogen-bond acceptors (Lipinski definition) is 5. The Balaban J connectivity index is 1.77. The van der Waals surface area contributed by atoms with E-state index in [2.05, 4.69) is 9.71 Å². The third-order valence-corrected chi connectivity index (χ3v) is 5.67. The summed E-state index contributed by atoms with van der Waals surface area (Å²) >= 11 is 1.51. The summed E-state index contributed by atoms with van der Waals surface area (Å²) in [6.45, 7) is 2.45. The molecule has 1 aliphatic carbocycles. The number of nitrogens with two attached hydrogens (primary N) is 1. The summed E-state index contributed by atoms with van der Waals surface area (Å²) in [6, 6.07) is 2.07. The molecule has 2 aromatic heterocycles. The minimum absolute atomic E-state index is 0.208. The minimum Gasteiger partial charge on any atom is -0.346 e. The second-order valence-corrected chi connectivity index (χ2v) is 8.02. The van der Waals surface area contributed by atoms with Gasteiger partial charge < -0.3 is 10.3 Å². The van der Waals surface area contributed by atoms with Crippen LogP contribution in [0.25, 0.3) is 0 Å². The third kappa shape index (κ3) is 3.18. The number of aryl methyl sites for hydroxylation is 1. The van der Waals surface area contributed by atoms with E-state index in [1.54, 1.807) is 12.3 Å². The Morgan fingerprint density at radius 2 is 2.29 bits per heavy atom. The van der Waals surface area contributed by atoms with Crippen LogP contribution in [0.4, 0.5) is 0 Å². The van der Waals surface area contributed by atoms with Crippen molar-refractivity contribution in [1.82, 2.24) is 14.3 Å². The largest absolute Gasteiger partial charge is 0.346 e. The second kappa shape index (κ2) is 5.53. The highest BCUT2D eigenvalue weighted by atomic mass is 32.2. The van der Waals surface area contributed by atoms with E-state index < -0.39 is 10.0 Å². The number of aromatic nitrogens is 2. The molecular weight excluding hydrogens is 308 g/mol. The molecule has 3 N–H and O–H groups in total. The molecule has 0 amide bonds. The van der Waals surface area contributed by atoms with E-state index in [4.69, 9.17) is 5.73 Å². The minimum atomic E-state index is -3.53. The Bertz CT molecular complexity index is 744. The molecule has 0 bridgehead atoms. The van der Waals surface area contributed by atoms with Crippen molar-refractivity contribution in [2.45, 2.75) is 43.8 Å². The van der Waals surface area contributed by atoms with Gasteiger partial charge in [0.05, 0.1) is 22.1 Å². The molecule has 0 unspecified atom stereocenters. The van der Waals surface area contributed by atoms with Crippen LogP contribution in [-0.2, 0) is 23.1 Å². The van der Waals surface area contributed by atoms with E-state index in [-0.39, 0.29) is 11.4 Å². The molecule has 0 spiro atoms. The van der Waals surface area contributed by atoms with Gasteiger partial charge in [-0.3, -0.25) is 0 Å². The van der Waals surface area contributed by atoms with Crippen LogP contribution in [0.5, 0.6) is 0 Å². The zero-order chi connectivity index (χ0) is 15.0. The Labute approximate surface area is 128 Å². The predicted octanol–water partition coefficient (Wildman–Crippen LogP) is 1.53. The number of sulfonamides is 1. The molecule has 114 valence electrons. The van der Waals surface area contributed by atoms with Gasteiger partial charge in [-0.2, -0.15) is 0 Å². The monoisotopic (exact) mass is 326 g/mol. The molecule has 0 radical (unpaired) electrons. The maximum absolute atomic E-state index is 12.3. The summed E-state index contributed by atoms with van der Waals surface area (Å²) in [4.78, 5) is 4.53. The number of nitrogens with zero attached hydrogens (tertiary/aromatic N) is 2. The Morgan fingerprint density at radius 3 is 2.86 bits per heavy atom. The van der Waals surface area contributed by atoms with Crippen LogP contribution in [0.15, 0.2) is 22.5 Å². The van der Waals surface area contributed by atoms with E-state index in [9.17, 15) is 8.42 Å². The smallest absolute Gasteiger partial charge is 0.242 e. The molecule has 3 rings (SSSR count). The molecule has 1 saturated carbocycles. The van der Waals surface area contributed by atoms with Gasteiger partial charge in [0.15, 0.2) is 0 Å². The maximum atomic E-state index is 12.3. The van der Waals surface area contributed by atoms with Gasteiger partial charge in [-0.05, 0) is 25.8 Å². The van der Waals surface area contributed by atoms with E-state index >= 15 is 0 Å². The first-order valence-electron chi connectivity index (χ1n) is 6.81. The van der Waals surface area contributed by atoms with Gasteiger partial charge in [-0.25, -0.2) is 18.1 Å². The number of thiazole rings is 1. The van der Waals surface area contributed by atoms with Crippen molar-refractivity contribution in [1.29, 1.82) is 0 Å².